The van der Waals surface area contributed by atoms with E-state index in [1.54, 1.807) is 7.05 Å². The van der Waals surface area contributed by atoms with Gasteiger partial charge in [0.1, 0.15) is 5.54 Å². The van der Waals surface area contributed by atoms with Crippen molar-refractivity contribution < 1.29 is 9.90 Å². The summed E-state index contributed by atoms with van der Waals surface area (Å²) in [5.41, 5.74) is -0.713. The summed E-state index contributed by atoms with van der Waals surface area (Å²) in [5.74, 6) is 0.0549. The van der Waals surface area contributed by atoms with E-state index in [0.29, 0.717) is 12.1 Å². The number of carbonyl (C=O) groups is 1. The molecule has 4 atom stereocenters. The summed E-state index contributed by atoms with van der Waals surface area (Å²) in [5, 5.41) is 12.7. The molecule has 0 amide bonds. The molecule has 0 saturated heterocycles. The van der Waals surface area contributed by atoms with Crippen molar-refractivity contribution in [1.29, 1.82) is 0 Å². The topological polar surface area (TPSA) is 52.6 Å². The van der Waals surface area contributed by atoms with E-state index in [4.69, 9.17) is 0 Å². The predicted molar refractivity (Wildman–Crippen MR) is 80.9 cm³/mol. The highest BCUT2D eigenvalue weighted by atomic mass is 16.4. The Labute approximate surface area is 122 Å². The minimum atomic E-state index is -0.713. The second kappa shape index (κ2) is 6.44. The average Bonchev–Trinajstić information content (AvgIpc) is 2.47. The average molecular weight is 282 g/mol. The summed E-state index contributed by atoms with van der Waals surface area (Å²) in [6, 6.07) is 1.04. The quantitative estimate of drug-likeness (QED) is 0.832. The van der Waals surface area contributed by atoms with E-state index in [1.807, 2.05) is 0 Å². The van der Waals surface area contributed by atoms with Crippen LogP contribution < -0.4 is 5.32 Å². The molecule has 0 aromatic carbocycles. The van der Waals surface area contributed by atoms with Crippen molar-refractivity contribution in [3.8, 4) is 0 Å². The van der Waals surface area contributed by atoms with Gasteiger partial charge in [-0.1, -0.05) is 19.8 Å². The maximum atomic E-state index is 11.6. The van der Waals surface area contributed by atoms with Crippen molar-refractivity contribution in [2.45, 2.75) is 75.9 Å². The first-order valence-electron chi connectivity index (χ1n) is 8.14. The Bertz CT molecular complexity index is 347. The van der Waals surface area contributed by atoms with Crippen molar-refractivity contribution in [3.63, 3.8) is 0 Å². The van der Waals surface area contributed by atoms with Crippen LogP contribution in [0, 0.1) is 5.92 Å². The molecule has 0 aromatic heterocycles. The number of hydrogen-bond donors (Lipinski definition) is 2. The number of nitrogens with one attached hydrogen (secondary N) is 1. The van der Waals surface area contributed by atoms with Crippen molar-refractivity contribution in [1.82, 2.24) is 10.2 Å². The summed E-state index contributed by atoms with van der Waals surface area (Å²) >= 11 is 0. The molecule has 2 aliphatic carbocycles. The zero-order chi connectivity index (χ0) is 14.8. The summed E-state index contributed by atoms with van der Waals surface area (Å²) in [6.45, 7) is 2.35. The summed E-state index contributed by atoms with van der Waals surface area (Å²) in [6.07, 6.45) is 8.89. The Morgan fingerprint density at radius 3 is 2.55 bits per heavy atom. The van der Waals surface area contributed by atoms with Gasteiger partial charge in [0, 0.05) is 12.1 Å². The molecule has 2 N–H and O–H groups in total. The molecular weight excluding hydrogens is 252 g/mol. The van der Waals surface area contributed by atoms with Crippen LogP contribution in [-0.4, -0.2) is 47.7 Å². The normalized spacial score (nSPS) is 38.9. The molecule has 2 saturated carbocycles. The molecule has 4 heteroatoms. The lowest BCUT2D eigenvalue weighted by Crippen LogP contribution is -2.58. The molecule has 20 heavy (non-hydrogen) atoms. The van der Waals surface area contributed by atoms with Crippen molar-refractivity contribution in [2.75, 3.05) is 14.1 Å². The second-order valence-corrected chi connectivity index (χ2v) is 6.88. The first-order chi connectivity index (χ1) is 9.50. The first-order valence-corrected chi connectivity index (χ1v) is 8.14. The van der Waals surface area contributed by atoms with Crippen LogP contribution in [-0.2, 0) is 4.79 Å². The zero-order valence-corrected chi connectivity index (χ0v) is 13.2. The van der Waals surface area contributed by atoms with Gasteiger partial charge in [-0.15, -0.1) is 0 Å². The zero-order valence-electron chi connectivity index (χ0n) is 13.2. The number of hydrogen-bond acceptors (Lipinski definition) is 3. The minimum absolute atomic E-state index is 0.401. The van der Waals surface area contributed by atoms with Crippen LogP contribution >= 0.6 is 0 Å². The molecule has 2 rings (SSSR count). The van der Waals surface area contributed by atoms with E-state index in [9.17, 15) is 9.90 Å². The monoisotopic (exact) mass is 282 g/mol. The van der Waals surface area contributed by atoms with Gasteiger partial charge < -0.3 is 15.3 Å². The maximum absolute atomic E-state index is 11.6. The fourth-order valence-corrected chi connectivity index (χ4v) is 4.29. The Morgan fingerprint density at radius 1 is 1.25 bits per heavy atom. The third-order valence-corrected chi connectivity index (χ3v) is 5.78. The summed E-state index contributed by atoms with van der Waals surface area (Å²) in [4.78, 5) is 14.1. The van der Waals surface area contributed by atoms with E-state index in [1.165, 1.54) is 25.7 Å². The van der Waals surface area contributed by atoms with E-state index in [2.05, 4.69) is 24.2 Å². The van der Waals surface area contributed by atoms with Crippen LogP contribution in [0.1, 0.15) is 58.3 Å². The van der Waals surface area contributed by atoms with Gasteiger partial charge in [0.2, 0.25) is 0 Å². The predicted octanol–water partition coefficient (Wildman–Crippen LogP) is 2.48. The van der Waals surface area contributed by atoms with Gasteiger partial charge in [-0.2, -0.15) is 0 Å². The second-order valence-electron chi connectivity index (χ2n) is 6.88. The van der Waals surface area contributed by atoms with Crippen molar-refractivity contribution >= 4 is 5.97 Å². The molecule has 0 bridgehead atoms. The summed E-state index contributed by atoms with van der Waals surface area (Å²) < 4.78 is 0. The van der Waals surface area contributed by atoms with Gasteiger partial charge in [0.05, 0.1) is 0 Å². The maximum Gasteiger partial charge on any atom is 0.323 e. The smallest absolute Gasteiger partial charge is 0.323 e. The lowest BCUT2D eigenvalue weighted by molar-refractivity contribution is -0.147. The Morgan fingerprint density at radius 2 is 1.95 bits per heavy atom. The molecule has 2 aliphatic rings. The molecule has 116 valence electrons. The number of nitrogens with zero attached hydrogens (tertiary/aromatic N) is 1. The lowest BCUT2D eigenvalue weighted by atomic mass is 9.76. The van der Waals surface area contributed by atoms with Crippen LogP contribution in [0.5, 0.6) is 0 Å². The molecule has 0 heterocycles. The fraction of sp³-hybridized carbons (Fsp3) is 0.938. The standard InChI is InChI=1S/C16H30N2O2/c1-12-7-4-5-9-14(12)18(3)13-8-6-10-16(11-13,17-2)15(19)20/h12-14,17H,4-11H2,1-3H3,(H,19,20). The van der Waals surface area contributed by atoms with Crippen LogP contribution in [0.3, 0.4) is 0 Å². The molecule has 4 nitrogen and oxygen atoms in total. The molecule has 0 radical (unpaired) electrons. The number of carboxylic acids is 1. The van der Waals surface area contributed by atoms with Gasteiger partial charge >= 0.3 is 5.97 Å². The highest BCUT2D eigenvalue weighted by molar-refractivity contribution is 5.79. The van der Waals surface area contributed by atoms with E-state index in [0.717, 1.165) is 31.6 Å². The lowest BCUT2D eigenvalue weighted by Gasteiger charge is -2.46. The Balaban J connectivity index is 2.06. The van der Waals surface area contributed by atoms with Gasteiger partial charge in [0.15, 0.2) is 0 Å². The van der Waals surface area contributed by atoms with E-state index < -0.39 is 11.5 Å². The molecule has 0 aromatic rings. The third kappa shape index (κ3) is 3.01. The van der Waals surface area contributed by atoms with Gasteiger partial charge in [0.25, 0.3) is 0 Å². The number of carboxylic acid groups (broad SMARTS) is 1. The Hall–Kier alpha value is -0.610. The van der Waals surface area contributed by atoms with Crippen LogP contribution in [0.25, 0.3) is 0 Å². The van der Waals surface area contributed by atoms with E-state index in [-0.39, 0.29) is 0 Å². The van der Waals surface area contributed by atoms with Crippen LogP contribution in [0.15, 0.2) is 0 Å². The Kier molecular flexibility index (Phi) is 5.08. The van der Waals surface area contributed by atoms with Crippen molar-refractivity contribution in [2.24, 2.45) is 5.92 Å². The fourth-order valence-electron chi connectivity index (χ4n) is 4.29. The minimum Gasteiger partial charge on any atom is -0.480 e. The van der Waals surface area contributed by atoms with E-state index >= 15 is 0 Å². The first kappa shape index (κ1) is 15.8. The van der Waals surface area contributed by atoms with Gasteiger partial charge in [-0.3, -0.25) is 4.79 Å². The third-order valence-electron chi connectivity index (χ3n) is 5.78. The molecule has 0 aliphatic heterocycles. The van der Waals surface area contributed by atoms with Gasteiger partial charge in [-0.05, 0) is 58.5 Å². The highest BCUT2D eigenvalue weighted by Gasteiger charge is 2.44. The van der Waals surface area contributed by atoms with Crippen LogP contribution in [0.2, 0.25) is 0 Å². The highest BCUT2D eigenvalue weighted by Crippen LogP contribution is 2.35. The van der Waals surface area contributed by atoms with Gasteiger partial charge in [-0.25, -0.2) is 0 Å². The number of rotatable bonds is 4. The number of aliphatic carboxylic acids is 1. The largest absolute Gasteiger partial charge is 0.480 e. The molecule has 2 fully saturated rings. The molecular formula is C16H30N2O2. The SMILES string of the molecule is CNC1(C(=O)O)CCCC(N(C)C2CCCCC2C)C1. The molecule has 0 spiro atoms. The molecule has 4 unspecified atom stereocenters. The number of likely N-dealkylation sites (N-methyl/N-ethyl adjacent to an activating group) is 1. The van der Waals surface area contributed by atoms with Crippen molar-refractivity contribution in [3.05, 3.63) is 0 Å². The van der Waals surface area contributed by atoms with Crippen LogP contribution in [0.4, 0.5) is 0 Å². The summed E-state index contributed by atoms with van der Waals surface area (Å²) in [7, 11) is 4.00.